The van der Waals surface area contributed by atoms with E-state index in [4.69, 9.17) is 37.9 Å². The molecule has 182 valence electrons. The van der Waals surface area contributed by atoms with Crippen molar-refractivity contribution in [2.75, 3.05) is 18.6 Å². The highest BCUT2D eigenvalue weighted by molar-refractivity contribution is 7.59. The van der Waals surface area contributed by atoms with E-state index >= 15 is 0 Å². The van der Waals surface area contributed by atoms with Crippen molar-refractivity contribution in [1.82, 2.24) is 30.0 Å². The Morgan fingerprint density at radius 1 is 1.20 bits per heavy atom. The summed E-state index contributed by atoms with van der Waals surface area (Å²) in [6.45, 7) is 0.423. The SMILES string of the molecule is COc1ccc(Cl)c(N(CC2CCC(=O)N2)c2ccc3ncc(-c4cnn(C)c4)nc3n2)c1Cl.S. The van der Waals surface area contributed by atoms with Crippen LogP contribution in [0.4, 0.5) is 11.5 Å². The summed E-state index contributed by atoms with van der Waals surface area (Å²) in [6.07, 6.45) is 6.47. The van der Waals surface area contributed by atoms with Crippen LogP contribution in [-0.2, 0) is 11.8 Å². The third-order valence-corrected chi connectivity index (χ3v) is 6.35. The Labute approximate surface area is 218 Å². The van der Waals surface area contributed by atoms with Crippen LogP contribution >= 0.6 is 36.7 Å². The first-order valence-corrected chi connectivity index (χ1v) is 11.4. The van der Waals surface area contributed by atoms with Crippen LogP contribution in [0.2, 0.25) is 10.0 Å². The van der Waals surface area contributed by atoms with Gasteiger partial charge in [-0.05, 0) is 30.7 Å². The van der Waals surface area contributed by atoms with Gasteiger partial charge in [-0.3, -0.25) is 14.5 Å². The van der Waals surface area contributed by atoms with Crippen LogP contribution in [0, 0.1) is 0 Å². The number of fused-ring (bicyclic) bond motifs is 1. The fourth-order valence-electron chi connectivity index (χ4n) is 3.99. The van der Waals surface area contributed by atoms with Gasteiger partial charge in [0.15, 0.2) is 5.65 Å². The first-order valence-electron chi connectivity index (χ1n) is 10.6. The van der Waals surface area contributed by atoms with Crippen LogP contribution in [-0.4, -0.2) is 50.3 Å². The molecule has 9 nitrogen and oxygen atoms in total. The highest BCUT2D eigenvalue weighted by Gasteiger charge is 2.28. The minimum atomic E-state index is -0.0869. The normalized spacial score (nSPS) is 15.1. The predicted molar refractivity (Wildman–Crippen MR) is 141 cm³/mol. The highest BCUT2D eigenvalue weighted by Crippen LogP contribution is 2.43. The molecule has 1 fully saturated rings. The van der Waals surface area contributed by atoms with E-state index < -0.39 is 0 Å². The van der Waals surface area contributed by atoms with Crippen LogP contribution in [0.15, 0.2) is 42.9 Å². The van der Waals surface area contributed by atoms with Crippen LogP contribution < -0.4 is 15.0 Å². The Bertz CT molecular complexity index is 1400. The number of aryl methyl sites for hydroxylation is 1. The Morgan fingerprint density at radius 2 is 2.03 bits per heavy atom. The molecule has 1 amide bonds. The van der Waals surface area contributed by atoms with E-state index in [1.807, 2.05) is 30.3 Å². The second-order valence-corrected chi connectivity index (χ2v) is 8.78. The molecule has 4 heterocycles. The number of rotatable bonds is 6. The molecule has 1 aromatic carbocycles. The molecular formula is C23H23Cl2N7O2S. The Hall–Kier alpha value is -3.08. The number of benzene rings is 1. The Kier molecular flexibility index (Phi) is 7.34. The second kappa shape index (κ2) is 10.3. The molecule has 0 saturated carbocycles. The maximum atomic E-state index is 11.8. The zero-order valence-corrected chi connectivity index (χ0v) is 21.5. The van der Waals surface area contributed by atoms with Gasteiger partial charge in [0, 0.05) is 37.8 Å². The predicted octanol–water partition coefficient (Wildman–Crippen LogP) is 4.27. The quantitative estimate of drug-likeness (QED) is 0.396. The monoisotopic (exact) mass is 531 g/mol. The van der Waals surface area contributed by atoms with Crippen molar-refractivity contribution in [2.24, 2.45) is 7.05 Å². The number of carbonyl (C=O) groups is 1. The molecule has 1 aliphatic heterocycles. The Morgan fingerprint density at radius 3 is 2.71 bits per heavy atom. The third kappa shape index (κ3) is 5.00. The van der Waals surface area contributed by atoms with Gasteiger partial charge in [0.25, 0.3) is 0 Å². The van der Waals surface area contributed by atoms with Crippen molar-refractivity contribution < 1.29 is 9.53 Å². The molecule has 1 aliphatic rings. The van der Waals surface area contributed by atoms with Gasteiger partial charge in [0.2, 0.25) is 5.91 Å². The highest BCUT2D eigenvalue weighted by atomic mass is 35.5. The smallest absolute Gasteiger partial charge is 0.220 e. The summed E-state index contributed by atoms with van der Waals surface area (Å²) < 4.78 is 7.12. The lowest BCUT2D eigenvalue weighted by Gasteiger charge is -2.29. The lowest BCUT2D eigenvalue weighted by Crippen LogP contribution is -2.37. The molecule has 1 N–H and O–H groups in total. The lowest BCUT2D eigenvalue weighted by atomic mass is 10.2. The van der Waals surface area contributed by atoms with E-state index in [2.05, 4.69) is 15.4 Å². The molecule has 3 aromatic heterocycles. The standard InChI is InChI=1S/C23H21Cl2N7O2.H2S/c1-31-11-13(9-27-31)17-10-26-16-5-7-19(30-23(16)29-17)32(12-14-3-8-20(33)28-14)22-15(24)4-6-18(34-2)21(22)25;/h4-7,9-11,14H,3,8,12H2,1-2H3,(H,28,33);1H2. The molecule has 0 radical (unpaired) electrons. The van der Waals surface area contributed by atoms with E-state index in [0.717, 1.165) is 5.56 Å². The van der Waals surface area contributed by atoms with Gasteiger partial charge in [-0.15, -0.1) is 0 Å². The van der Waals surface area contributed by atoms with Gasteiger partial charge < -0.3 is 15.0 Å². The van der Waals surface area contributed by atoms with Gasteiger partial charge >= 0.3 is 0 Å². The van der Waals surface area contributed by atoms with Crippen LogP contribution in [0.25, 0.3) is 22.4 Å². The lowest BCUT2D eigenvalue weighted by molar-refractivity contribution is -0.119. The zero-order valence-electron chi connectivity index (χ0n) is 19.0. The summed E-state index contributed by atoms with van der Waals surface area (Å²) in [4.78, 5) is 27.7. The average Bonchev–Trinajstić information content (AvgIpc) is 3.45. The van der Waals surface area contributed by atoms with E-state index in [-0.39, 0.29) is 25.4 Å². The molecule has 0 spiro atoms. The van der Waals surface area contributed by atoms with Gasteiger partial charge in [0.05, 0.1) is 35.9 Å². The number of carbonyl (C=O) groups excluding carboxylic acids is 1. The number of pyridine rings is 1. The van der Waals surface area contributed by atoms with Gasteiger partial charge in [0.1, 0.15) is 22.1 Å². The fraction of sp³-hybridized carbons (Fsp3) is 0.261. The Balaban J connectivity index is 0.00000289. The van der Waals surface area contributed by atoms with Crippen molar-refractivity contribution in [3.8, 4) is 17.0 Å². The van der Waals surface area contributed by atoms with Crippen molar-refractivity contribution in [2.45, 2.75) is 18.9 Å². The molecule has 0 bridgehead atoms. The summed E-state index contributed by atoms with van der Waals surface area (Å²) in [7, 11) is 3.39. The summed E-state index contributed by atoms with van der Waals surface area (Å²) in [5, 5.41) is 8.00. The van der Waals surface area contributed by atoms with Crippen molar-refractivity contribution in [3.05, 3.63) is 52.9 Å². The fourth-order valence-corrected chi connectivity index (χ4v) is 4.64. The topological polar surface area (TPSA) is 98.1 Å². The first-order chi connectivity index (χ1) is 16.4. The number of hydrogen-bond acceptors (Lipinski definition) is 7. The molecule has 5 rings (SSSR count). The average molecular weight is 532 g/mol. The summed E-state index contributed by atoms with van der Waals surface area (Å²) in [6, 6.07) is 7.03. The van der Waals surface area contributed by atoms with Gasteiger partial charge in [-0.2, -0.15) is 18.6 Å². The molecule has 4 aromatic rings. The van der Waals surface area contributed by atoms with Crippen LogP contribution in [0.1, 0.15) is 12.8 Å². The number of nitrogens with zero attached hydrogens (tertiary/aromatic N) is 6. The molecule has 12 heteroatoms. The minimum absolute atomic E-state index is 0. The number of halogens is 2. The van der Waals surface area contributed by atoms with E-state index in [1.54, 1.807) is 36.3 Å². The molecule has 1 saturated heterocycles. The van der Waals surface area contributed by atoms with E-state index in [1.165, 1.54) is 0 Å². The summed E-state index contributed by atoms with van der Waals surface area (Å²) >= 11 is 13.3. The third-order valence-electron chi connectivity index (χ3n) is 5.68. The van der Waals surface area contributed by atoms with Gasteiger partial charge in [-0.1, -0.05) is 23.2 Å². The number of hydrogen-bond donors (Lipinski definition) is 1. The van der Waals surface area contributed by atoms with Crippen molar-refractivity contribution in [3.63, 3.8) is 0 Å². The maximum Gasteiger partial charge on any atom is 0.220 e. The summed E-state index contributed by atoms with van der Waals surface area (Å²) in [5.41, 5.74) is 3.17. The molecule has 1 unspecified atom stereocenters. The van der Waals surface area contributed by atoms with Gasteiger partial charge in [-0.25, -0.2) is 9.97 Å². The van der Waals surface area contributed by atoms with E-state index in [0.29, 0.717) is 63.5 Å². The van der Waals surface area contributed by atoms with Crippen molar-refractivity contribution in [1.29, 1.82) is 0 Å². The van der Waals surface area contributed by atoms with Crippen molar-refractivity contribution >= 4 is 65.3 Å². The van der Waals surface area contributed by atoms with Crippen LogP contribution in [0.3, 0.4) is 0 Å². The maximum absolute atomic E-state index is 11.8. The number of nitrogens with one attached hydrogen (secondary N) is 1. The first kappa shape index (κ1) is 25.0. The number of anilines is 2. The second-order valence-electron chi connectivity index (χ2n) is 8.00. The number of amides is 1. The minimum Gasteiger partial charge on any atom is -0.495 e. The molecular weight excluding hydrogens is 509 g/mol. The largest absolute Gasteiger partial charge is 0.495 e. The van der Waals surface area contributed by atoms with E-state index in [9.17, 15) is 4.79 Å². The number of ether oxygens (including phenoxy) is 1. The number of aromatic nitrogens is 5. The summed E-state index contributed by atoms with van der Waals surface area (Å²) in [5.74, 6) is 1.08. The molecule has 35 heavy (non-hydrogen) atoms. The number of methoxy groups -OCH3 is 1. The molecule has 1 atom stereocenters. The molecule has 0 aliphatic carbocycles. The zero-order chi connectivity index (χ0) is 23.8. The van der Waals surface area contributed by atoms with Crippen LogP contribution in [0.5, 0.6) is 5.75 Å².